The van der Waals surface area contributed by atoms with Crippen LogP contribution in [0, 0.1) is 5.92 Å². The van der Waals surface area contributed by atoms with Gasteiger partial charge in [-0.1, -0.05) is 26.5 Å². The Morgan fingerprint density at radius 3 is 2.81 bits per heavy atom. The highest BCUT2D eigenvalue weighted by Crippen LogP contribution is 2.24. The number of rotatable bonds is 0. The summed E-state index contributed by atoms with van der Waals surface area (Å²) in [7, 11) is -3.81. The molecule has 1 N–H and O–H groups in total. The van der Waals surface area contributed by atoms with E-state index in [0.717, 1.165) is 5.56 Å². The maximum atomic E-state index is 11.6. The van der Waals surface area contributed by atoms with Gasteiger partial charge in [0.15, 0.2) is 6.29 Å². The Hall–Kier alpha value is -0.910. The molecule has 1 aromatic carbocycles. The van der Waals surface area contributed by atoms with Crippen LogP contribution in [0.5, 0.6) is 0 Å². The molecule has 1 aliphatic rings. The van der Waals surface area contributed by atoms with Gasteiger partial charge in [0, 0.05) is 5.92 Å². The standard InChI is InChI=1S/C10H12O4S.CH4/c1-7-5-8-3-2-4-9(6-8)15(12,13)14-10(7)11;/h2-4,6-7,10-11H,5H2,1H3;1H4/t7?,10-;/m0./s1. The molecule has 5 heteroatoms. The fourth-order valence-corrected chi connectivity index (χ4v) is 2.68. The summed E-state index contributed by atoms with van der Waals surface area (Å²) >= 11 is 0. The molecule has 4 nitrogen and oxygen atoms in total. The molecule has 0 amide bonds. The lowest BCUT2D eigenvalue weighted by molar-refractivity contribution is -0.0526. The molecule has 2 atom stereocenters. The quantitative estimate of drug-likeness (QED) is 0.703. The van der Waals surface area contributed by atoms with E-state index >= 15 is 0 Å². The van der Waals surface area contributed by atoms with E-state index < -0.39 is 16.4 Å². The Balaban J connectivity index is 0.00000128. The molecule has 1 aromatic rings. The molecule has 0 spiro atoms. The number of hydrogen-bond donors (Lipinski definition) is 1. The van der Waals surface area contributed by atoms with Crippen LogP contribution in [0.25, 0.3) is 0 Å². The maximum Gasteiger partial charge on any atom is 0.299 e. The van der Waals surface area contributed by atoms with Gasteiger partial charge in [-0.3, -0.25) is 0 Å². The maximum absolute atomic E-state index is 11.6. The largest absolute Gasteiger partial charge is 0.367 e. The van der Waals surface area contributed by atoms with E-state index in [4.69, 9.17) is 0 Å². The molecule has 0 aliphatic carbocycles. The number of fused-ring (bicyclic) bond motifs is 2. The highest BCUT2D eigenvalue weighted by atomic mass is 32.2. The van der Waals surface area contributed by atoms with Gasteiger partial charge in [-0.25, -0.2) is 4.18 Å². The molecule has 16 heavy (non-hydrogen) atoms. The molecule has 1 heterocycles. The van der Waals surface area contributed by atoms with Crippen LogP contribution in [0.15, 0.2) is 29.2 Å². The summed E-state index contributed by atoms with van der Waals surface area (Å²) in [5, 5.41) is 9.49. The third kappa shape index (κ3) is 2.42. The van der Waals surface area contributed by atoms with E-state index in [1.165, 1.54) is 6.07 Å². The summed E-state index contributed by atoms with van der Waals surface area (Å²) in [5.74, 6) is -0.240. The average molecular weight is 244 g/mol. The zero-order valence-corrected chi connectivity index (χ0v) is 9.07. The molecule has 0 radical (unpaired) electrons. The monoisotopic (exact) mass is 244 g/mol. The molecular weight excluding hydrogens is 228 g/mol. The van der Waals surface area contributed by atoms with Gasteiger partial charge in [-0.15, -0.1) is 0 Å². The molecule has 2 rings (SSSR count). The topological polar surface area (TPSA) is 63.6 Å². The van der Waals surface area contributed by atoms with Crippen LogP contribution in [-0.2, 0) is 20.7 Å². The lowest BCUT2D eigenvalue weighted by Crippen LogP contribution is -2.28. The van der Waals surface area contributed by atoms with Crippen molar-refractivity contribution in [2.24, 2.45) is 5.92 Å². The van der Waals surface area contributed by atoms with Crippen molar-refractivity contribution in [1.29, 1.82) is 0 Å². The van der Waals surface area contributed by atoms with Gasteiger partial charge in [0.05, 0.1) is 4.90 Å². The van der Waals surface area contributed by atoms with Crippen LogP contribution >= 0.6 is 0 Å². The second-order valence-electron chi connectivity index (χ2n) is 3.77. The predicted molar refractivity (Wildman–Crippen MR) is 60.3 cm³/mol. The molecule has 0 saturated carbocycles. The minimum atomic E-state index is -3.81. The predicted octanol–water partition coefficient (Wildman–Crippen LogP) is 1.54. The molecule has 90 valence electrons. The Kier molecular flexibility index (Phi) is 3.72. The minimum Gasteiger partial charge on any atom is -0.367 e. The number of benzene rings is 1. The lowest BCUT2D eigenvalue weighted by Gasteiger charge is -2.21. The van der Waals surface area contributed by atoms with Gasteiger partial charge in [-0.2, -0.15) is 8.42 Å². The van der Waals surface area contributed by atoms with E-state index in [-0.39, 0.29) is 18.2 Å². The highest BCUT2D eigenvalue weighted by molar-refractivity contribution is 7.86. The first kappa shape index (κ1) is 13.2. The van der Waals surface area contributed by atoms with Crippen LogP contribution in [0.1, 0.15) is 19.9 Å². The van der Waals surface area contributed by atoms with Crippen LogP contribution < -0.4 is 0 Å². The van der Waals surface area contributed by atoms with Gasteiger partial charge in [0.2, 0.25) is 0 Å². The van der Waals surface area contributed by atoms with E-state index in [9.17, 15) is 13.5 Å². The van der Waals surface area contributed by atoms with E-state index in [1.807, 2.05) is 6.07 Å². The van der Waals surface area contributed by atoms with Crippen molar-refractivity contribution in [2.45, 2.75) is 32.0 Å². The van der Waals surface area contributed by atoms with Crippen LogP contribution in [0.3, 0.4) is 0 Å². The Labute approximate surface area is 96.0 Å². The number of hydrogen-bond acceptors (Lipinski definition) is 4. The Morgan fingerprint density at radius 1 is 1.44 bits per heavy atom. The SMILES string of the molecule is C.CC1Cc2cccc(c2)S(=O)(=O)O[C@@H]1O. The Morgan fingerprint density at radius 2 is 2.12 bits per heavy atom. The molecule has 0 fully saturated rings. The summed E-state index contributed by atoms with van der Waals surface area (Å²) in [6.45, 7) is 1.75. The molecule has 1 unspecified atom stereocenters. The normalized spacial score (nSPS) is 27.4. The lowest BCUT2D eigenvalue weighted by atomic mass is 10.0. The summed E-state index contributed by atoms with van der Waals surface area (Å²) in [4.78, 5) is 0.103. The highest BCUT2D eigenvalue weighted by Gasteiger charge is 2.27. The molecule has 2 bridgehead atoms. The second kappa shape index (κ2) is 4.53. The van der Waals surface area contributed by atoms with Crippen LogP contribution in [0.2, 0.25) is 0 Å². The Bertz CT molecular complexity index is 467. The molecule has 0 aromatic heterocycles. The second-order valence-corrected chi connectivity index (χ2v) is 5.34. The fourth-order valence-electron chi connectivity index (χ4n) is 1.58. The molecule has 1 aliphatic heterocycles. The van der Waals surface area contributed by atoms with Crippen molar-refractivity contribution >= 4 is 10.1 Å². The summed E-state index contributed by atoms with van der Waals surface area (Å²) < 4.78 is 27.8. The first-order valence-electron chi connectivity index (χ1n) is 4.69. The zero-order chi connectivity index (χ0) is 11.1. The number of aliphatic hydroxyl groups is 1. The van der Waals surface area contributed by atoms with Gasteiger partial charge >= 0.3 is 0 Å². The minimum absolute atomic E-state index is 0. The average Bonchev–Trinajstić information content (AvgIpc) is 2.16. The van der Waals surface area contributed by atoms with Crippen molar-refractivity contribution in [3.05, 3.63) is 29.8 Å². The first-order chi connectivity index (χ1) is 6.99. The van der Waals surface area contributed by atoms with Gasteiger partial charge in [-0.05, 0) is 24.1 Å². The van der Waals surface area contributed by atoms with Gasteiger partial charge < -0.3 is 5.11 Å². The zero-order valence-electron chi connectivity index (χ0n) is 8.25. The third-order valence-corrected chi connectivity index (χ3v) is 3.74. The van der Waals surface area contributed by atoms with Crippen molar-refractivity contribution in [1.82, 2.24) is 0 Å². The summed E-state index contributed by atoms with van der Waals surface area (Å²) in [6.07, 6.45) is -0.668. The van der Waals surface area contributed by atoms with Crippen molar-refractivity contribution in [2.75, 3.05) is 0 Å². The van der Waals surface area contributed by atoms with E-state index in [0.29, 0.717) is 6.42 Å². The van der Waals surface area contributed by atoms with Crippen LogP contribution in [0.4, 0.5) is 0 Å². The van der Waals surface area contributed by atoms with Crippen molar-refractivity contribution < 1.29 is 17.7 Å². The van der Waals surface area contributed by atoms with E-state index in [1.54, 1.807) is 19.1 Å². The van der Waals surface area contributed by atoms with Crippen molar-refractivity contribution in [3.8, 4) is 0 Å². The smallest absolute Gasteiger partial charge is 0.299 e. The van der Waals surface area contributed by atoms with Crippen molar-refractivity contribution in [3.63, 3.8) is 0 Å². The van der Waals surface area contributed by atoms with Gasteiger partial charge in [0.25, 0.3) is 10.1 Å². The number of aliphatic hydroxyl groups excluding tert-OH is 1. The molecule has 0 saturated heterocycles. The van der Waals surface area contributed by atoms with Crippen LogP contribution in [-0.4, -0.2) is 19.8 Å². The van der Waals surface area contributed by atoms with Gasteiger partial charge in [0.1, 0.15) is 0 Å². The first-order valence-corrected chi connectivity index (χ1v) is 6.10. The summed E-state index contributed by atoms with van der Waals surface area (Å²) in [6, 6.07) is 6.56. The third-order valence-electron chi connectivity index (χ3n) is 2.46. The molecular formula is C11H16O4S. The fraction of sp³-hybridized carbons (Fsp3) is 0.455. The van der Waals surface area contributed by atoms with E-state index in [2.05, 4.69) is 4.18 Å². The summed E-state index contributed by atoms with van der Waals surface area (Å²) in [5.41, 5.74) is 0.894.